The minimum absolute atomic E-state index is 0.177. The lowest BCUT2D eigenvalue weighted by molar-refractivity contribution is -0.129. The number of aryl methyl sites for hydroxylation is 2. The van der Waals surface area contributed by atoms with E-state index in [1.165, 1.54) is 46.7 Å². The summed E-state index contributed by atoms with van der Waals surface area (Å²) in [5.74, 6) is 0.177. The van der Waals surface area contributed by atoms with Gasteiger partial charge in [0, 0.05) is 33.5 Å². The highest BCUT2D eigenvalue weighted by atomic mass is 35.5. The Labute approximate surface area is 179 Å². The summed E-state index contributed by atoms with van der Waals surface area (Å²) in [7, 11) is 0. The van der Waals surface area contributed by atoms with E-state index in [4.69, 9.17) is 0 Å². The van der Waals surface area contributed by atoms with Gasteiger partial charge in [-0.25, -0.2) is 0 Å². The van der Waals surface area contributed by atoms with Crippen molar-refractivity contribution in [1.29, 1.82) is 0 Å². The Morgan fingerprint density at radius 2 is 1.45 bits per heavy atom. The van der Waals surface area contributed by atoms with Crippen molar-refractivity contribution in [1.82, 2.24) is 10.2 Å². The average Bonchev–Trinajstić information content (AvgIpc) is 2.67. The smallest absolute Gasteiger partial charge is 0.219 e. The Balaban J connectivity index is 0.000000179. The number of carbonyl (C=O) groups is 2. The van der Waals surface area contributed by atoms with Crippen molar-refractivity contribution in [2.24, 2.45) is 0 Å². The Hall–Kier alpha value is -2.17. The van der Waals surface area contributed by atoms with Crippen LogP contribution in [0.5, 0.6) is 0 Å². The van der Waals surface area contributed by atoms with Crippen molar-refractivity contribution in [3.05, 3.63) is 69.8 Å². The molecule has 2 aliphatic rings. The van der Waals surface area contributed by atoms with Crippen LogP contribution in [0, 0.1) is 13.8 Å². The molecule has 2 aromatic carbocycles. The van der Waals surface area contributed by atoms with E-state index in [-0.39, 0.29) is 11.1 Å². The molecule has 1 amide bonds. The number of halogens is 1. The largest absolute Gasteiger partial charge is 0.338 e. The summed E-state index contributed by atoms with van der Waals surface area (Å²) in [6.45, 7) is 11.0. The summed E-state index contributed by atoms with van der Waals surface area (Å²) in [5, 5.41) is 3.00. The molecule has 0 aromatic heterocycles. The first-order chi connectivity index (χ1) is 13.8. The molecule has 0 radical (unpaired) electrons. The van der Waals surface area contributed by atoms with Crippen molar-refractivity contribution in [2.45, 2.75) is 53.6 Å². The quantitative estimate of drug-likeness (QED) is 0.653. The van der Waals surface area contributed by atoms with Crippen LogP contribution < -0.4 is 5.32 Å². The highest BCUT2D eigenvalue weighted by molar-refractivity contribution is 6.62. The maximum Gasteiger partial charge on any atom is 0.219 e. The molecule has 0 saturated heterocycles. The molecule has 29 heavy (non-hydrogen) atoms. The van der Waals surface area contributed by atoms with E-state index in [0.717, 1.165) is 32.6 Å². The van der Waals surface area contributed by atoms with E-state index in [2.05, 4.69) is 67.2 Å². The maximum absolute atomic E-state index is 11.2. The Bertz CT molecular complexity index is 860. The second kappa shape index (κ2) is 11.1. The van der Waals surface area contributed by atoms with Crippen LogP contribution in [0.3, 0.4) is 0 Å². The molecule has 0 atom stereocenters. The highest BCUT2D eigenvalue weighted by Gasteiger charge is 2.17. The van der Waals surface area contributed by atoms with E-state index in [9.17, 15) is 9.59 Å². The molecular formula is C24H31ClN2O2. The van der Waals surface area contributed by atoms with Gasteiger partial charge < -0.3 is 10.2 Å². The highest BCUT2D eigenvalue weighted by Crippen LogP contribution is 2.20. The average molecular weight is 415 g/mol. The van der Waals surface area contributed by atoms with Gasteiger partial charge in [-0.1, -0.05) is 47.5 Å². The molecule has 4 nitrogen and oxygen atoms in total. The zero-order chi connectivity index (χ0) is 21.4. The van der Waals surface area contributed by atoms with Gasteiger partial charge in [-0.3, -0.25) is 9.59 Å². The zero-order valence-electron chi connectivity index (χ0n) is 17.8. The number of nitrogens with one attached hydrogen (secondary N) is 1. The third kappa shape index (κ3) is 7.64. The van der Waals surface area contributed by atoms with E-state index in [1.54, 1.807) is 6.92 Å². The third-order valence-corrected chi connectivity index (χ3v) is 5.07. The number of fused-ring (bicyclic) bond motifs is 2. The van der Waals surface area contributed by atoms with Gasteiger partial charge in [-0.05, 0) is 67.1 Å². The van der Waals surface area contributed by atoms with E-state index >= 15 is 0 Å². The van der Waals surface area contributed by atoms with Crippen LogP contribution in [0.15, 0.2) is 36.4 Å². The number of hydrogen-bond donors (Lipinski definition) is 1. The fourth-order valence-electron chi connectivity index (χ4n) is 3.56. The van der Waals surface area contributed by atoms with Crippen molar-refractivity contribution in [3.8, 4) is 0 Å². The van der Waals surface area contributed by atoms with Crippen molar-refractivity contribution >= 4 is 22.8 Å². The van der Waals surface area contributed by atoms with Crippen molar-refractivity contribution < 1.29 is 9.59 Å². The predicted octanol–water partition coefficient (Wildman–Crippen LogP) is 4.31. The van der Waals surface area contributed by atoms with Crippen LogP contribution in [-0.2, 0) is 35.5 Å². The molecule has 2 aliphatic heterocycles. The summed E-state index contributed by atoms with van der Waals surface area (Å²) < 4.78 is 0. The number of amides is 1. The molecule has 0 saturated carbocycles. The summed E-state index contributed by atoms with van der Waals surface area (Å²) in [4.78, 5) is 22.3. The van der Waals surface area contributed by atoms with Gasteiger partial charge in [0.1, 0.15) is 0 Å². The number of hydrogen-bond acceptors (Lipinski definition) is 3. The van der Waals surface area contributed by atoms with E-state index < -0.39 is 0 Å². The van der Waals surface area contributed by atoms with Gasteiger partial charge in [-0.2, -0.15) is 0 Å². The fraction of sp³-hybridized carbons (Fsp3) is 0.417. The third-order valence-electron chi connectivity index (χ3n) is 5.07. The molecule has 0 spiro atoms. The normalized spacial score (nSPS) is 14.3. The molecular weight excluding hydrogens is 384 g/mol. The minimum Gasteiger partial charge on any atom is -0.338 e. The van der Waals surface area contributed by atoms with Crippen LogP contribution in [0.25, 0.3) is 0 Å². The van der Waals surface area contributed by atoms with Gasteiger partial charge in [-0.15, -0.1) is 0 Å². The Morgan fingerprint density at radius 3 is 2.03 bits per heavy atom. The van der Waals surface area contributed by atoms with Crippen LogP contribution in [0.1, 0.15) is 47.2 Å². The van der Waals surface area contributed by atoms with Crippen LogP contribution in [0.2, 0.25) is 0 Å². The predicted molar refractivity (Wildman–Crippen MR) is 119 cm³/mol. The van der Waals surface area contributed by atoms with E-state index in [0.29, 0.717) is 0 Å². The summed E-state index contributed by atoms with van der Waals surface area (Å²) >= 11 is 4.64. The van der Waals surface area contributed by atoms with Crippen LogP contribution in [-0.4, -0.2) is 29.1 Å². The topological polar surface area (TPSA) is 49.4 Å². The Morgan fingerprint density at radius 1 is 0.897 bits per heavy atom. The standard InChI is InChI=1S/C12H15NO.C10H13N.C2H3ClO/c1-9-3-4-12-8-13(10(2)14)6-5-11(12)7-9;1-8-2-3-10-7-11-5-4-9(10)6-8;1-2(3)4/h3-4,7H,5-6,8H2,1-2H3;2-3,6,11H,4-5,7H2,1H3;1H3. The second-order valence-electron chi connectivity index (χ2n) is 7.63. The van der Waals surface area contributed by atoms with Gasteiger partial charge in [0.05, 0.1) is 0 Å². The second-order valence-corrected chi connectivity index (χ2v) is 8.16. The molecule has 4 rings (SSSR count). The van der Waals surface area contributed by atoms with Crippen LogP contribution >= 0.6 is 11.6 Å². The molecule has 2 aromatic rings. The first-order valence-corrected chi connectivity index (χ1v) is 10.4. The molecule has 0 bridgehead atoms. The molecule has 0 fully saturated rings. The monoisotopic (exact) mass is 414 g/mol. The lowest BCUT2D eigenvalue weighted by atomic mass is 9.98. The molecule has 0 unspecified atom stereocenters. The van der Waals surface area contributed by atoms with Crippen molar-refractivity contribution in [3.63, 3.8) is 0 Å². The lowest BCUT2D eigenvalue weighted by Crippen LogP contribution is -2.34. The fourth-order valence-corrected chi connectivity index (χ4v) is 3.56. The minimum atomic E-state index is -0.361. The molecule has 2 heterocycles. The van der Waals surface area contributed by atoms with E-state index in [1.807, 2.05) is 4.90 Å². The first kappa shape index (κ1) is 23.1. The van der Waals surface area contributed by atoms with Gasteiger partial charge in [0.25, 0.3) is 0 Å². The van der Waals surface area contributed by atoms with Crippen molar-refractivity contribution in [2.75, 3.05) is 13.1 Å². The Kier molecular flexibility index (Phi) is 8.87. The number of benzene rings is 2. The summed E-state index contributed by atoms with van der Waals surface area (Å²) in [6.07, 6.45) is 2.19. The number of carbonyl (C=O) groups excluding carboxylic acids is 2. The maximum atomic E-state index is 11.2. The molecule has 1 N–H and O–H groups in total. The van der Waals surface area contributed by atoms with Gasteiger partial charge in [0.15, 0.2) is 0 Å². The number of nitrogens with zero attached hydrogens (tertiary/aromatic N) is 1. The van der Waals surface area contributed by atoms with Gasteiger partial charge >= 0.3 is 0 Å². The lowest BCUT2D eigenvalue weighted by Gasteiger charge is -2.28. The van der Waals surface area contributed by atoms with Gasteiger partial charge in [0.2, 0.25) is 11.1 Å². The number of rotatable bonds is 0. The van der Waals surface area contributed by atoms with Crippen LogP contribution in [0.4, 0.5) is 0 Å². The summed E-state index contributed by atoms with van der Waals surface area (Å²) in [5.41, 5.74) is 8.40. The molecule has 0 aliphatic carbocycles. The SMILES string of the molecule is CC(=O)Cl.CC(=O)N1CCc2cc(C)ccc2C1.Cc1ccc2c(c1)CCNC2. The molecule has 5 heteroatoms. The molecule has 156 valence electrons. The summed E-state index contributed by atoms with van der Waals surface area (Å²) in [6, 6.07) is 13.2. The zero-order valence-corrected chi connectivity index (χ0v) is 18.6. The first-order valence-electron chi connectivity index (χ1n) is 10.1.